The summed E-state index contributed by atoms with van der Waals surface area (Å²) in [6, 6.07) is 4.20. The summed E-state index contributed by atoms with van der Waals surface area (Å²) < 4.78 is 38.7. The molecule has 1 aliphatic rings. The minimum absolute atomic E-state index is 0.168. The Morgan fingerprint density at radius 2 is 2.00 bits per heavy atom. The smallest absolute Gasteiger partial charge is 0.385 e. The second-order valence-electron chi connectivity index (χ2n) is 4.35. The zero-order valence-corrected chi connectivity index (χ0v) is 10.7. The average molecular weight is 308 g/mol. The molecule has 0 aromatic heterocycles. The first-order valence-electron chi connectivity index (χ1n) is 5.57. The first-order valence-corrected chi connectivity index (χ1v) is 6.37. The molecule has 0 radical (unpaired) electrons. The molecule has 2 rings (SSSR count). The Bertz CT molecular complexity index is 399. The molecule has 0 bridgehead atoms. The molecule has 5 heteroatoms. The molecule has 0 unspecified atom stereocenters. The number of benzene rings is 1. The van der Waals surface area contributed by atoms with E-state index < -0.39 is 11.7 Å². The van der Waals surface area contributed by atoms with Crippen LogP contribution in [0.25, 0.3) is 0 Å². The van der Waals surface area contributed by atoms with Crippen LogP contribution in [0.3, 0.4) is 0 Å². The summed E-state index contributed by atoms with van der Waals surface area (Å²) in [7, 11) is 0. The third kappa shape index (κ3) is 3.63. The zero-order valence-electron chi connectivity index (χ0n) is 9.15. The molecule has 1 N–H and O–H groups in total. The molecule has 0 amide bonds. The van der Waals surface area contributed by atoms with Gasteiger partial charge in [-0.25, -0.2) is 0 Å². The minimum Gasteiger partial charge on any atom is -0.385 e. The van der Waals surface area contributed by atoms with Gasteiger partial charge in [-0.05, 0) is 30.5 Å². The summed E-state index contributed by atoms with van der Waals surface area (Å²) in [6.45, 7) is 0.607. The topological polar surface area (TPSA) is 12.0 Å². The first-order chi connectivity index (χ1) is 7.97. The first kappa shape index (κ1) is 12.7. The van der Waals surface area contributed by atoms with Gasteiger partial charge >= 0.3 is 6.18 Å². The third-order valence-corrected chi connectivity index (χ3v) is 3.35. The summed E-state index contributed by atoms with van der Waals surface area (Å²) in [5.41, 5.74) is -0.441. The number of anilines is 1. The molecular formula is C12H13BrF3N. The third-order valence-electron chi connectivity index (χ3n) is 2.85. The highest BCUT2D eigenvalue weighted by Gasteiger charge is 2.33. The molecule has 17 heavy (non-hydrogen) atoms. The lowest BCUT2D eigenvalue weighted by molar-refractivity contribution is -0.137. The highest BCUT2D eigenvalue weighted by Crippen LogP contribution is 2.37. The van der Waals surface area contributed by atoms with E-state index in [4.69, 9.17) is 0 Å². The number of halogens is 4. The van der Waals surface area contributed by atoms with Crippen LogP contribution in [0.2, 0.25) is 0 Å². The Kier molecular flexibility index (Phi) is 3.66. The summed E-state index contributed by atoms with van der Waals surface area (Å²) >= 11 is 3.06. The summed E-state index contributed by atoms with van der Waals surface area (Å²) in [6.07, 6.45) is -0.929. The maximum absolute atomic E-state index is 12.8. The molecule has 1 nitrogen and oxygen atoms in total. The van der Waals surface area contributed by atoms with Gasteiger partial charge in [-0.15, -0.1) is 0 Å². The minimum atomic E-state index is -4.31. The van der Waals surface area contributed by atoms with Gasteiger partial charge in [-0.1, -0.05) is 28.8 Å². The van der Waals surface area contributed by atoms with Gasteiger partial charge in [-0.2, -0.15) is 13.2 Å². The van der Waals surface area contributed by atoms with Crippen molar-refractivity contribution in [3.63, 3.8) is 0 Å². The van der Waals surface area contributed by atoms with Gasteiger partial charge in [0.05, 0.1) is 5.56 Å². The van der Waals surface area contributed by atoms with E-state index in [-0.39, 0.29) is 5.69 Å². The Labute approximate surface area is 107 Å². The second-order valence-corrected chi connectivity index (χ2v) is 5.26. The van der Waals surface area contributed by atoms with Gasteiger partial charge in [0.15, 0.2) is 0 Å². The van der Waals surface area contributed by atoms with E-state index in [0.29, 0.717) is 16.9 Å². The van der Waals surface area contributed by atoms with Crippen molar-refractivity contribution < 1.29 is 13.2 Å². The largest absolute Gasteiger partial charge is 0.418 e. The van der Waals surface area contributed by atoms with Crippen molar-refractivity contribution in [2.45, 2.75) is 25.4 Å². The van der Waals surface area contributed by atoms with Crippen molar-refractivity contribution in [3.8, 4) is 0 Å². The molecule has 0 aliphatic heterocycles. The number of alkyl halides is 3. The second kappa shape index (κ2) is 4.88. The van der Waals surface area contributed by atoms with Crippen LogP contribution in [0.1, 0.15) is 24.8 Å². The fourth-order valence-electron chi connectivity index (χ4n) is 1.72. The summed E-state index contributed by atoms with van der Waals surface area (Å²) in [5.74, 6) is 0.715. The van der Waals surface area contributed by atoms with E-state index in [0.717, 1.165) is 12.5 Å². The van der Waals surface area contributed by atoms with Crippen molar-refractivity contribution >= 4 is 21.6 Å². The van der Waals surface area contributed by atoms with Crippen molar-refractivity contribution in [1.29, 1.82) is 0 Å². The van der Waals surface area contributed by atoms with Crippen LogP contribution in [0.5, 0.6) is 0 Å². The molecule has 1 aliphatic carbocycles. The molecule has 94 valence electrons. The molecule has 0 heterocycles. The van der Waals surface area contributed by atoms with E-state index >= 15 is 0 Å². The Balaban J connectivity index is 2.08. The average Bonchev–Trinajstić information content (AvgIpc) is 3.02. The van der Waals surface area contributed by atoms with Crippen LogP contribution in [0, 0.1) is 5.92 Å². The van der Waals surface area contributed by atoms with Crippen LogP contribution >= 0.6 is 15.9 Å². The zero-order chi connectivity index (χ0) is 12.5. The number of nitrogens with one attached hydrogen (secondary N) is 1. The van der Waals surface area contributed by atoms with Gasteiger partial charge in [0, 0.05) is 16.7 Å². The van der Waals surface area contributed by atoms with Crippen molar-refractivity contribution in [2.24, 2.45) is 5.92 Å². The predicted molar refractivity (Wildman–Crippen MR) is 65.0 cm³/mol. The fourth-order valence-corrected chi connectivity index (χ4v) is 2.08. The van der Waals surface area contributed by atoms with Crippen LogP contribution in [-0.4, -0.2) is 6.54 Å². The van der Waals surface area contributed by atoms with Crippen molar-refractivity contribution in [2.75, 3.05) is 11.9 Å². The number of hydrogen-bond acceptors (Lipinski definition) is 1. The maximum atomic E-state index is 12.8. The van der Waals surface area contributed by atoms with Crippen LogP contribution < -0.4 is 5.32 Å². The molecule has 0 atom stereocenters. The van der Waals surface area contributed by atoms with E-state index in [2.05, 4.69) is 21.2 Å². The van der Waals surface area contributed by atoms with Crippen LogP contribution in [0.15, 0.2) is 22.7 Å². The van der Waals surface area contributed by atoms with E-state index in [9.17, 15) is 13.2 Å². The van der Waals surface area contributed by atoms with Crippen molar-refractivity contribution in [1.82, 2.24) is 0 Å². The van der Waals surface area contributed by atoms with Gasteiger partial charge in [-0.3, -0.25) is 0 Å². The summed E-state index contributed by atoms with van der Waals surface area (Å²) in [4.78, 5) is 0. The highest BCUT2D eigenvalue weighted by molar-refractivity contribution is 9.10. The molecule has 1 saturated carbocycles. The van der Waals surface area contributed by atoms with Gasteiger partial charge < -0.3 is 5.32 Å². The maximum Gasteiger partial charge on any atom is 0.418 e. The monoisotopic (exact) mass is 307 g/mol. The molecular weight excluding hydrogens is 295 g/mol. The van der Waals surface area contributed by atoms with Crippen LogP contribution in [-0.2, 0) is 6.18 Å². The Hall–Kier alpha value is -0.710. The van der Waals surface area contributed by atoms with Crippen molar-refractivity contribution in [3.05, 3.63) is 28.2 Å². The van der Waals surface area contributed by atoms with Gasteiger partial charge in [0.25, 0.3) is 0 Å². The van der Waals surface area contributed by atoms with E-state index in [1.807, 2.05) is 0 Å². The predicted octanol–water partition coefficient (Wildman–Crippen LogP) is 4.68. The normalized spacial score (nSPS) is 16.0. The lowest BCUT2D eigenvalue weighted by atomic mass is 10.1. The molecule has 0 saturated heterocycles. The van der Waals surface area contributed by atoms with E-state index in [1.54, 1.807) is 6.07 Å². The Morgan fingerprint density at radius 1 is 1.29 bits per heavy atom. The highest BCUT2D eigenvalue weighted by atomic mass is 79.9. The molecule has 1 fully saturated rings. The standard InChI is InChI=1S/C12H13BrF3N/c13-9-3-4-11(10(7-9)12(14,15)16)17-6-5-8-1-2-8/h3-4,7-8,17H,1-2,5-6H2. The van der Waals surface area contributed by atoms with Gasteiger partial charge in [0.1, 0.15) is 0 Å². The Morgan fingerprint density at radius 3 is 2.59 bits per heavy atom. The molecule has 1 aromatic rings. The molecule has 0 spiro atoms. The lowest BCUT2D eigenvalue weighted by Gasteiger charge is -2.14. The SMILES string of the molecule is FC(F)(F)c1cc(Br)ccc1NCCC1CC1. The lowest BCUT2D eigenvalue weighted by Crippen LogP contribution is -2.12. The number of rotatable bonds is 4. The fraction of sp³-hybridized carbons (Fsp3) is 0.500. The van der Waals surface area contributed by atoms with E-state index in [1.165, 1.54) is 18.9 Å². The van der Waals surface area contributed by atoms with Gasteiger partial charge in [0.2, 0.25) is 0 Å². The summed E-state index contributed by atoms with van der Waals surface area (Å²) in [5, 5.41) is 2.88. The van der Waals surface area contributed by atoms with Crippen LogP contribution in [0.4, 0.5) is 18.9 Å². The number of hydrogen-bond donors (Lipinski definition) is 1. The quantitative estimate of drug-likeness (QED) is 0.851. The molecule has 1 aromatic carbocycles.